The normalized spacial score (nSPS) is 9.81. The molecule has 1 aromatic rings. The molecule has 0 saturated heterocycles. The molecular formula is C11H13FO4. The van der Waals surface area contributed by atoms with E-state index in [9.17, 15) is 9.18 Å². The summed E-state index contributed by atoms with van der Waals surface area (Å²) in [4.78, 5) is 11.4. The topological polar surface area (TPSA) is 44.8 Å². The van der Waals surface area contributed by atoms with Crippen molar-refractivity contribution >= 4 is 5.97 Å². The highest BCUT2D eigenvalue weighted by atomic mass is 19.1. The van der Waals surface area contributed by atoms with E-state index in [4.69, 9.17) is 9.47 Å². The zero-order valence-electron chi connectivity index (χ0n) is 9.59. The fourth-order valence-corrected chi connectivity index (χ4v) is 1.41. The summed E-state index contributed by atoms with van der Waals surface area (Å²) in [6, 6.07) is 1.39. The molecule has 1 aromatic carbocycles. The van der Waals surface area contributed by atoms with Crippen molar-refractivity contribution in [2.75, 3.05) is 21.3 Å². The number of carbonyl (C=O) groups excluding carboxylic acids is 1. The van der Waals surface area contributed by atoms with Crippen molar-refractivity contribution in [3.8, 4) is 11.5 Å². The third-order valence-corrected chi connectivity index (χ3v) is 2.27. The van der Waals surface area contributed by atoms with Crippen molar-refractivity contribution in [1.29, 1.82) is 0 Å². The fourth-order valence-electron chi connectivity index (χ4n) is 1.41. The molecule has 5 heteroatoms. The standard InChI is InChI=1S/C11H13FO4/c1-6-7(14-2)5-8(15-3)10(12)9(6)11(13)16-4/h5H,1-4H3. The Balaban J connectivity index is 3.49. The van der Waals surface area contributed by atoms with Crippen LogP contribution in [-0.4, -0.2) is 27.3 Å². The highest BCUT2D eigenvalue weighted by Gasteiger charge is 2.22. The quantitative estimate of drug-likeness (QED) is 0.741. The number of methoxy groups -OCH3 is 3. The SMILES string of the molecule is COC(=O)c1c(C)c(OC)cc(OC)c1F. The van der Waals surface area contributed by atoms with Crippen LogP contribution in [0.15, 0.2) is 6.07 Å². The Morgan fingerprint density at radius 2 is 1.75 bits per heavy atom. The van der Waals surface area contributed by atoms with Gasteiger partial charge in [0.1, 0.15) is 11.3 Å². The average molecular weight is 228 g/mol. The zero-order chi connectivity index (χ0) is 12.3. The Hall–Kier alpha value is -1.78. The maximum absolute atomic E-state index is 13.8. The molecule has 0 aliphatic rings. The van der Waals surface area contributed by atoms with Crippen LogP contribution in [0.4, 0.5) is 4.39 Å². The second-order valence-electron chi connectivity index (χ2n) is 3.09. The van der Waals surface area contributed by atoms with Crippen LogP contribution in [0.2, 0.25) is 0 Å². The van der Waals surface area contributed by atoms with Gasteiger partial charge in [0, 0.05) is 11.6 Å². The number of esters is 1. The molecule has 0 aromatic heterocycles. The lowest BCUT2D eigenvalue weighted by Gasteiger charge is -2.13. The van der Waals surface area contributed by atoms with Crippen molar-refractivity contribution in [3.63, 3.8) is 0 Å². The molecule has 0 atom stereocenters. The molecular weight excluding hydrogens is 215 g/mol. The molecule has 0 radical (unpaired) electrons. The number of rotatable bonds is 3. The van der Waals surface area contributed by atoms with E-state index in [1.54, 1.807) is 6.92 Å². The van der Waals surface area contributed by atoms with Gasteiger partial charge in [-0.15, -0.1) is 0 Å². The Kier molecular flexibility index (Phi) is 3.71. The van der Waals surface area contributed by atoms with Crippen LogP contribution < -0.4 is 9.47 Å². The smallest absolute Gasteiger partial charge is 0.341 e. The molecule has 0 aliphatic heterocycles. The third-order valence-electron chi connectivity index (χ3n) is 2.27. The summed E-state index contributed by atoms with van der Waals surface area (Å²) in [6.07, 6.45) is 0. The minimum absolute atomic E-state index is 0.0529. The molecule has 0 saturated carbocycles. The summed E-state index contributed by atoms with van der Waals surface area (Å²) in [7, 11) is 3.93. The number of halogens is 1. The number of benzene rings is 1. The van der Waals surface area contributed by atoms with Crippen LogP contribution in [-0.2, 0) is 4.74 Å². The predicted octanol–water partition coefficient (Wildman–Crippen LogP) is 1.94. The third kappa shape index (κ3) is 1.93. The largest absolute Gasteiger partial charge is 0.496 e. The highest BCUT2D eigenvalue weighted by Crippen LogP contribution is 2.32. The summed E-state index contributed by atoms with van der Waals surface area (Å²) >= 11 is 0. The first-order valence-electron chi connectivity index (χ1n) is 4.56. The summed E-state index contributed by atoms with van der Waals surface area (Å²) in [5, 5.41) is 0. The van der Waals surface area contributed by atoms with Crippen molar-refractivity contribution in [2.24, 2.45) is 0 Å². The second-order valence-corrected chi connectivity index (χ2v) is 3.09. The fraction of sp³-hybridized carbons (Fsp3) is 0.364. The van der Waals surface area contributed by atoms with Gasteiger partial charge >= 0.3 is 5.97 Å². The van der Waals surface area contributed by atoms with Gasteiger partial charge in [-0.3, -0.25) is 0 Å². The molecule has 0 amide bonds. The summed E-state index contributed by atoms with van der Waals surface area (Å²) in [6.45, 7) is 1.58. The van der Waals surface area contributed by atoms with Crippen LogP contribution in [0.1, 0.15) is 15.9 Å². The average Bonchev–Trinajstić information content (AvgIpc) is 2.29. The van der Waals surface area contributed by atoms with E-state index in [1.165, 1.54) is 27.4 Å². The first-order chi connectivity index (χ1) is 7.56. The van der Waals surface area contributed by atoms with Gasteiger partial charge in [-0.05, 0) is 6.92 Å². The number of carbonyl (C=O) groups is 1. The van der Waals surface area contributed by atoms with Gasteiger partial charge in [0.15, 0.2) is 11.6 Å². The molecule has 1 rings (SSSR count). The van der Waals surface area contributed by atoms with Gasteiger partial charge in [-0.25, -0.2) is 9.18 Å². The van der Waals surface area contributed by atoms with Crippen LogP contribution in [0.25, 0.3) is 0 Å². The molecule has 0 heterocycles. The van der Waals surface area contributed by atoms with E-state index in [0.29, 0.717) is 11.3 Å². The van der Waals surface area contributed by atoms with Crippen molar-refractivity contribution < 1.29 is 23.4 Å². The Morgan fingerprint density at radius 1 is 1.19 bits per heavy atom. The van der Waals surface area contributed by atoms with Gasteiger partial charge < -0.3 is 14.2 Å². The second kappa shape index (κ2) is 4.83. The summed E-state index contributed by atoms with van der Waals surface area (Å²) < 4.78 is 28.2. The highest BCUT2D eigenvalue weighted by molar-refractivity contribution is 5.92. The predicted molar refractivity (Wildman–Crippen MR) is 55.6 cm³/mol. The minimum atomic E-state index is -0.757. The molecule has 16 heavy (non-hydrogen) atoms. The Bertz CT molecular complexity index is 387. The zero-order valence-corrected chi connectivity index (χ0v) is 9.59. The minimum Gasteiger partial charge on any atom is -0.496 e. The number of ether oxygens (including phenoxy) is 3. The maximum Gasteiger partial charge on any atom is 0.341 e. The van der Waals surface area contributed by atoms with E-state index < -0.39 is 11.8 Å². The Labute approximate surface area is 92.9 Å². The van der Waals surface area contributed by atoms with Gasteiger partial charge in [-0.1, -0.05) is 0 Å². The van der Waals surface area contributed by atoms with Crippen LogP contribution in [0.5, 0.6) is 11.5 Å². The van der Waals surface area contributed by atoms with E-state index in [2.05, 4.69) is 4.74 Å². The first kappa shape index (κ1) is 12.3. The lowest BCUT2D eigenvalue weighted by atomic mass is 10.1. The first-order valence-corrected chi connectivity index (χ1v) is 4.56. The van der Waals surface area contributed by atoms with Crippen molar-refractivity contribution in [2.45, 2.75) is 6.92 Å². The van der Waals surface area contributed by atoms with E-state index in [-0.39, 0.29) is 11.3 Å². The number of hydrogen-bond donors (Lipinski definition) is 0. The summed E-state index contributed by atoms with van der Waals surface area (Å²) in [5.74, 6) is -1.18. The monoisotopic (exact) mass is 228 g/mol. The van der Waals surface area contributed by atoms with E-state index in [0.717, 1.165) is 0 Å². The molecule has 0 fully saturated rings. The van der Waals surface area contributed by atoms with Gasteiger partial charge in [0.25, 0.3) is 0 Å². The lowest BCUT2D eigenvalue weighted by Crippen LogP contribution is -2.09. The van der Waals surface area contributed by atoms with Crippen LogP contribution >= 0.6 is 0 Å². The molecule has 0 unspecified atom stereocenters. The van der Waals surface area contributed by atoms with E-state index >= 15 is 0 Å². The van der Waals surface area contributed by atoms with Gasteiger partial charge in [0.2, 0.25) is 0 Å². The molecule has 0 aliphatic carbocycles. The Morgan fingerprint density at radius 3 is 2.19 bits per heavy atom. The molecule has 0 spiro atoms. The summed E-state index contributed by atoms with van der Waals surface area (Å²) in [5.41, 5.74) is 0.214. The van der Waals surface area contributed by atoms with Crippen molar-refractivity contribution in [3.05, 3.63) is 23.0 Å². The molecule has 4 nitrogen and oxygen atoms in total. The molecule has 0 bridgehead atoms. The molecule has 88 valence electrons. The van der Waals surface area contributed by atoms with Gasteiger partial charge in [0.05, 0.1) is 21.3 Å². The van der Waals surface area contributed by atoms with E-state index in [1.807, 2.05) is 0 Å². The van der Waals surface area contributed by atoms with Crippen LogP contribution in [0, 0.1) is 12.7 Å². The molecule has 0 N–H and O–H groups in total. The van der Waals surface area contributed by atoms with Gasteiger partial charge in [-0.2, -0.15) is 0 Å². The lowest BCUT2D eigenvalue weighted by molar-refractivity contribution is 0.0593. The number of hydrogen-bond acceptors (Lipinski definition) is 4. The maximum atomic E-state index is 13.8. The van der Waals surface area contributed by atoms with Crippen LogP contribution in [0.3, 0.4) is 0 Å². The van der Waals surface area contributed by atoms with Crippen molar-refractivity contribution in [1.82, 2.24) is 0 Å².